The van der Waals surface area contributed by atoms with Crippen molar-refractivity contribution in [3.63, 3.8) is 0 Å². The van der Waals surface area contributed by atoms with Crippen LogP contribution in [0.5, 0.6) is 0 Å². The number of carbonyl (C=O) groups is 2. The molecule has 1 saturated heterocycles. The van der Waals surface area contributed by atoms with Crippen molar-refractivity contribution in [1.29, 1.82) is 0 Å². The first-order valence-corrected chi connectivity index (χ1v) is 11.6. The number of furan rings is 1. The van der Waals surface area contributed by atoms with Crippen molar-refractivity contribution in [2.24, 2.45) is 5.92 Å². The van der Waals surface area contributed by atoms with Crippen LogP contribution in [0.3, 0.4) is 0 Å². The Hall–Kier alpha value is -2.65. The van der Waals surface area contributed by atoms with Gasteiger partial charge in [-0.15, -0.1) is 0 Å². The summed E-state index contributed by atoms with van der Waals surface area (Å²) in [5.41, 5.74) is 0.876. The fourth-order valence-electron chi connectivity index (χ4n) is 3.40. The number of carbonyl (C=O) groups excluding carboxylic acids is 2. The molecular formula is C21H27N3O5S. The summed E-state index contributed by atoms with van der Waals surface area (Å²) >= 11 is 0. The van der Waals surface area contributed by atoms with Crippen molar-refractivity contribution >= 4 is 27.5 Å². The maximum absolute atomic E-state index is 12.8. The molecule has 1 atom stereocenters. The van der Waals surface area contributed by atoms with E-state index in [1.165, 1.54) is 24.7 Å². The second kappa shape index (κ2) is 9.90. The first-order valence-electron chi connectivity index (χ1n) is 10.1. The van der Waals surface area contributed by atoms with E-state index in [0.29, 0.717) is 37.3 Å². The second-order valence-corrected chi connectivity index (χ2v) is 9.14. The average Bonchev–Trinajstić information content (AvgIpc) is 3.28. The van der Waals surface area contributed by atoms with Gasteiger partial charge in [-0.25, -0.2) is 13.1 Å². The van der Waals surface area contributed by atoms with Crippen molar-refractivity contribution in [2.45, 2.75) is 37.5 Å². The predicted molar refractivity (Wildman–Crippen MR) is 113 cm³/mol. The third-order valence-corrected chi connectivity index (χ3v) is 6.54. The third kappa shape index (κ3) is 5.48. The Morgan fingerprint density at radius 3 is 2.83 bits per heavy atom. The van der Waals surface area contributed by atoms with Crippen LogP contribution in [0, 0.1) is 5.92 Å². The van der Waals surface area contributed by atoms with Gasteiger partial charge in [0.2, 0.25) is 15.9 Å². The van der Waals surface area contributed by atoms with E-state index in [2.05, 4.69) is 10.0 Å². The van der Waals surface area contributed by atoms with Crippen molar-refractivity contribution in [1.82, 2.24) is 9.62 Å². The van der Waals surface area contributed by atoms with Crippen molar-refractivity contribution < 1.29 is 22.4 Å². The van der Waals surface area contributed by atoms with Gasteiger partial charge in [0.1, 0.15) is 6.26 Å². The summed E-state index contributed by atoms with van der Waals surface area (Å²) in [5.74, 6) is -0.752. The topological polar surface area (TPSA) is 109 Å². The summed E-state index contributed by atoms with van der Waals surface area (Å²) in [5, 5.41) is 2.80. The van der Waals surface area contributed by atoms with E-state index >= 15 is 0 Å². The van der Waals surface area contributed by atoms with Gasteiger partial charge in [-0.2, -0.15) is 0 Å². The Bertz CT molecular complexity index is 972. The minimum absolute atomic E-state index is 0.108. The summed E-state index contributed by atoms with van der Waals surface area (Å²) in [4.78, 5) is 27.0. The highest BCUT2D eigenvalue weighted by molar-refractivity contribution is 7.89. The number of amides is 2. The molecule has 30 heavy (non-hydrogen) atoms. The molecular weight excluding hydrogens is 406 g/mol. The van der Waals surface area contributed by atoms with Crippen LogP contribution in [0.25, 0.3) is 0 Å². The minimum Gasteiger partial charge on any atom is -0.472 e. The molecule has 0 aliphatic carbocycles. The molecule has 2 heterocycles. The number of benzene rings is 1. The number of rotatable bonds is 8. The molecule has 2 aromatic rings. The molecule has 1 aromatic heterocycles. The van der Waals surface area contributed by atoms with E-state index in [9.17, 15) is 18.0 Å². The smallest absolute Gasteiger partial charge is 0.257 e. The molecule has 2 N–H and O–H groups in total. The molecule has 0 spiro atoms. The molecule has 3 rings (SSSR count). The van der Waals surface area contributed by atoms with Gasteiger partial charge in [0.05, 0.1) is 22.6 Å². The zero-order valence-corrected chi connectivity index (χ0v) is 17.8. The van der Waals surface area contributed by atoms with Gasteiger partial charge in [-0.05, 0) is 43.5 Å². The number of nitrogens with zero attached hydrogens (tertiary/aromatic N) is 1. The molecule has 8 nitrogen and oxygen atoms in total. The lowest BCUT2D eigenvalue weighted by molar-refractivity contribution is -0.121. The van der Waals surface area contributed by atoms with Gasteiger partial charge < -0.3 is 14.6 Å². The summed E-state index contributed by atoms with van der Waals surface area (Å²) < 4.78 is 32.3. The van der Waals surface area contributed by atoms with Gasteiger partial charge in [0, 0.05) is 25.3 Å². The normalized spacial score (nSPS) is 17.0. The van der Waals surface area contributed by atoms with Crippen LogP contribution < -0.4 is 10.0 Å². The number of anilines is 1. The highest BCUT2D eigenvalue weighted by Gasteiger charge is 2.29. The summed E-state index contributed by atoms with van der Waals surface area (Å²) in [7, 11) is -3.62. The van der Waals surface area contributed by atoms with E-state index in [-0.39, 0.29) is 22.6 Å². The van der Waals surface area contributed by atoms with Crippen LogP contribution in [-0.2, 0) is 14.8 Å². The molecule has 1 aliphatic rings. The Morgan fingerprint density at radius 2 is 2.10 bits per heavy atom. The lowest BCUT2D eigenvalue weighted by Crippen LogP contribution is -2.43. The number of sulfonamides is 1. The lowest BCUT2D eigenvalue weighted by atomic mass is 9.96. The fraction of sp³-hybridized carbons (Fsp3) is 0.429. The first-order chi connectivity index (χ1) is 14.4. The Labute approximate surface area is 176 Å². The highest BCUT2D eigenvalue weighted by atomic mass is 32.2. The van der Waals surface area contributed by atoms with Gasteiger partial charge in [0.15, 0.2) is 0 Å². The molecule has 2 amide bonds. The quantitative estimate of drug-likeness (QED) is 0.622. The number of nitrogens with one attached hydrogen (secondary N) is 2. The zero-order chi connectivity index (χ0) is 21.6. The number of likely N-dealkylation sites (tertiary alicyclic amines) is 1. The number of hydrogen-bond acceptors (Lipinski definition) is 5. The Morgan fingerprint density at radius 1 is 1.27 bits per heavy atom. The monoisotopic (exact) mass is 433 g/mol. The Kier molecular flexibility index (Phi) is 7.28. The molecule has 1 aromatic carbocycles. The highest BCUT2D eigenvalue weighted by Crippen LogP contribution is 2.22. The molecule has 0 bridgehead atoms. The second-order valence-electron chi connectivity index (χ2n) is 7.37. The third-order valence-electron chi connectivity index (χ3n) is 5.08. The average molecular weight is 434 g/mol. The molecule has 1 aliphatic heterocycles. The maximum atomic E-state index is 12.8. The number of hydrogen-bond donors (Lipinski definition) is 2. The van der Waals surface area contributed by atoms with E-state index in [0.717, 1.165) is 19.3 Å². The molecule has 0 radical (unpaired) electrons. The SMILES string of the molecule is CCCCNS(=O)(=O)c1cccc(NC(=O)[C@@H]2CCCN(C(=O)c3ccoc3)C2)c1. The van der Waals surface area contributed by atoms with Crippen molar-refractivity contribution in [3.05, 3.63) is 48.4 Å². The molecule has 9 heteroatoms. The summed E-state index contributed by atoms with van der Waals surface area (Å²) in [6.07, 6.45) is 5.87. The van der Waals surface area contributed by atoms with Gasteiger partial charge >= 0.3 is 0 Å². The van der Waals surface area contributed by atoms with Crippen LogP contribution in [0.1, 0.15) is 43.0 Å². The van der Waals surface area contributed by atoms with Crippen molar-refractivity contribution in [2.75, 3.05) is 25.0 Å². The maximum Gasteiger partial charge on any atom is 0.257 e. The number of piperidine rings is 1. The van der Waals surface area contributed by atoms with Gasteiger partial charge in [-0.3, -0.25) is 9.59 Å². The van der Waals surface area contributed by atoms with Crippen LogP contribution >= 0.6 is 0 Å². The predicted octanol–water partition coefficient (Wildman–Crippen LogP) is 2.85. The van der Waals surface area contributed by atoms with E-state index < -0.39 is 10.0 Å². The van der Waals surface area contributed by atoms with Crippen LogP contribution in [0.4, 0.5) is 5.69 Å². The zero-order valence-electron chi connectivity index (χ0n) is 17.0. The molecule has 0 saturated carbocycles. The summed E-state index contributed by atoms with van der Waals surface area (Å²) in [6, 6.07) is 7.80. The fourth-order valence-corrected chi connectivity index (χ4v) is 4.52. The van der Waals surface area contributed by atoms with E-state index in [4.69, 9.17) is 4.42 Å². The summed E-state index contributed by atoms with van der Waals surface area (Å²) in [6.45, 7) is 3.26. The standard InChI is InChI=1S/C21H27N3O5S/c1-2-3-10-22-30(27,28)19-8-4-7-18(13-19)23-20(25)16-6-5-11-24(14-16)21(26)17-9-12-29-15-17/h4,7-9,12-13,15-16,22H,2-3,5-6,10-11,14H2,1H3,(H,23,25)/t16-/m1/s1. The van der Waals surface area contributed by atoms with Crippen LogP contribution in [0.15, 0.2) is 52.2 Å². The Balaban J connectivity index is 1.63. The first kappa shape index (κ1) is 22.0. The van der Waals surface area contributed by atoms with Crippen LogP contribution in [0.2, 0.25) is 0 Å². The van der Waals surface area contributed by atoms with E-state index in [1.807, 2.05) is 6.92 Å². The number of unbranched alkanes of at least 4 members (excludes halogenated alkanes) is 1. The molecule has 1 fully saturated rings. The van der Waals surface area contributed by atoms with Gasteiger partial charge in [-0.1, -0.05) is 19.4 Å². The van der Waals surface area contributed by atoms with E-state index in [1.54, 1.807) is 23.1 Å². The minimum atomic E-state index is -3.62. The van der Waals surface area contributed by atoms with Crippen molar-refractivity contribution in [3.8, 4) is 0 Å². The van der Waals surface area contributed by atoms with Gasteiger partial charge in [0.25, 0.3) is 5.91 Å². The molecule has 162 valence electrons. The largest absolute Gasteiger partial charge is 0.472 e. The molecule has 0 unspecified atom stereocenters. The van der Waals surface area contributed by atoms with Crippen LogP contribution in [-0.4, -0.2) is 44.8 Å². The lowest BCUT2D eigenvalue weighted by Gasteiger charge is -2.31.